The van der Waals surface area contributed by atoms with E-state index in [-0.39, 0.29) is 0 Å². The van der Waals surface area contributed by atoms with E-state index in [4.69, 9.17) is 4.74 Å². The highest BCUT2D eigenvalue weighted by molar-refractivity contribution is 7.90. The van der Waals surface area contributed by atoms with E-state index >= 15 is 0 Å². The van der Waals surface area contributed by atoms with E-state index in [1.165, 1.54) is 37.5 Å². The van der Waals surface area contributed by atoms with E-state index in [9.17, 15) is 8.42 Å². The molecule has 0 spiro atoms. The van der Waals surface area contributed by atoms with Gasteiger partial charge in [-0.15, -0.1) is 0 Å². The number of nitrogens with zero attached hydrogens (tertiary/aromatic N) is 3. The first kappa shape index (κ1) is 20.6. The number of aromatic nitrogens is 2. The van der Waals surface area contributed by atoms with Crippen molar-refractivity contribution >= 4 is 15.8 Å². The van der Waals surface area contributed by atoms with E-state index in [0.717, 1.165) is 37.8 Å². The molecule has 28 heavy (non-hydrogen) atoms. The van der Waals surface area contributed by atoms with Gasteiger partial charge in [0.25, 0.3) is 0 Å². The Morgan fingerprint density at radius 2 is 1.71 bits per heavy atom. The van der Waals surface area contributed by atoms with Crippen molar-refractivity contribution in [1.29, 1.82) is 0 Å². The maximum atomic E-state index is 11.5. The number of ether oxygens (including phenoxy) is 1. The molecule has 0 unspecified atom stereocenters. The fourth-order valence-electron chi connectivity index (χ4n) is 3.67. The molecule has 0 saturated carbocycles. The summed E-state index contributed by atoms with van der Waals surface area (Å²) in [4.78, 5) is 11.4. The van der Waals surface area contributed by atoms with Gasteiger partial charge in [-0.1, -0.05) is 25.0 Å². The van der Waals surface area contributed by atoms with Crippen molar-refractivity contribution in [1.82, 2.24) is 9.97 Å². The first-order chi connectivity index (χ1) is 13.5. The van der Waals surface area contributed by atoms with Crippen molar-refractivity contribution in [3.8, 4) is 5.75 Å². The van der Waals surface area contributed by atoms with Gasteiger partial charge >= 0.3 is 0 Å². The number of hydrogen-bond donors (Lipinski definition) is 0. The molecule has 1 saturated heterocycles. The summed E-state index contributed by atoms with van der Waals surface area (Å²) in [6.07, 6.45) is 11.6. The van der Waals surface area contributed by atoms with Crippen LogP contribution in [0.3, 0.4) is 0 Å². The number of rotatable bonds is 8. The second-order valence-electron chi connectivity index (χ2n) is 7.52. The molecule has 0 radical (unpaired) electrons. The van der Waals surface area contributed by atoms with Crippen LogP contribution < -0.4 is 9.64 Å². The molecule has 0 N–H and O–H groups in total. The minimum absolute atomic E-state index is 0.392. The van der Waals surface area contributed by atoms with Crippen molar-refractivity contribution in [2.24, 2.45) is 5.92 Å². The van der Waals surface area contributed by atoms with Crippen molar-refractivity contribution < 1.29 is 13.2 Å². The molecule has 2 aromatic rings. The fourth-order valence-corrected chi connectivity index (χ4v) is 4.30. The highest BCUT2D eigenvalue weighted by atomic mass is 32.2. The summed E-state index contributed by atoms with van der Waals surface area (Å²) in [6, 6.07) is 7.29. The fraction of sp³-hybridized carbons (Fsp3) is 0.524. The van der Waals surface area contributed by atoms with Crippen LogP contribution in [-0.4, -0.2) is 44.8 Å². The Bertz CT molecular complexity index is 843. The summed E-state index contributed by atoms with van der Waals surface area (Å²) in [7, 11) is -1.49. The lowest BCUT2D eigenvalue weighted by atomic mass is 9.91. The molecule has 0 aliphatic carbocycles. The molecular formula is C21H29N3O3S. The van der Waals surface area contributed by atoms with Crippen molar-refractivity contribution in [2.75, 3.05) is 31.4 Å². The Labute approximate surface area is 167 Å². The largest absolute Gasteiger partial charge is 0.494 e. The smallest absolute Gasteiger partial charge is 0.225 e. The first-order valence-corrected chi connectivity index (χ1v) is 11.7. The quantitative estimate of drug-likeness (QED) is 0.628. The molecule has 1 aromatic heterocycles. The lowest BCUT2D eigenvalue weighted by Gasteiger charge is -2.32. The second kappa shape index (κ2) is 9.37. The van der Waals surface area contributed by atoms with Crippen LogP contribution in [0.1, 0.15) is 37.7 Å². The van der Waals surface area contributed by atoms with Crippen molar-refractivity contribution in [2.45, 2.75) is 43.4 Å². The van der Waals surface area contributed by atoms with Crippen LogP contribution in [0.25, 0.3) is 0 Å². The Kier molecular flexibility index (Phi) is 6.88. The third-order valence-electron chi connectivity index (χ3n) is 5.43. The van der Waals surface area contributed by atoms with Gasteiger partial charge < -0.3 is 9.64 Å². The minimum Gasteiger partial charge on any atom is -0.494 e. The molecule has 0 amide bonds. The molecule has 0 bridgehead atoms. The molecular weight excluding hydrogens is 374 g/mol. The lowest BCUT2D eigenvalue weighted by molar-refractivity contribution is 0.366. The van der Waals surface area contributed by atoms with Gasteiger partial charge in [0.2, 0.25) is 5.95 Å². The van der Waals surface area contributed by atoms with E-state index in [0.29, 0.717) is 10.6 Å². The van der Waals surface area contributed by atoms with Gasteiger partial charge in [-0.25, -0.2) is 18.4 Å². The number of methoxy groups -OCH3 is 1. The van der Waals surface area contributed by atoms with Crippen LogP contribution in [-0.2, 0) is 16.3 Å². The lowest BCUT2D eigenvalue weighted by Crippen LogP contribution is -2.34. The number of benzene rings is 1. The highest BCUT2D eigenvalue weighted by Crippen LogP contribution is 2.25. The Morgan fingerprint density at radius 3 is 2.29 bits per heavy atom. The van der Waals surface area contributed by atoms with Crippen LogP contribution in [0, 0.1) is 5.92 Å². The third kappa shape index (κ3) is 5.67. The summed E-state index contributed by atoms with van der Waals surface area (Å²) in [5.74, 6) is 2.24. The maximum absolute atomic E-state index is 11.5. The van der Waals surface area contributed by atoms with E-state index < -0.39 is 9.84 Å². The van der Waals surface area contributed by atoms with Gasteiger partial charge in [0.1, 0.15) is 0 Å². The van der Waals surface area contributed by atoms with E-state index in [1.807, 2.05) is 12.1 Å². The number of sulfone groups is 1. The SMILES string of the molecule is COc1cnc(N2CCC(CCCCc3ccc(S(C)(=O)=O)cc3)CC2)nc1. The standard InChI is InChI=1S/C21H29N3O3S/c1-27-19-15-22-21(23-16-19)24-13-11-18(12-14-24)6-4-3-5-17-7-9-20(10-8-17)28(2,25)26/h7-10,15-16,18H,3-6,11-14H2,1-2H3. The van der Waals surface area contributed by atoms with Gasteiger partial charge in [-0.2, -0.15) is 0 Å². The predicted octanol–water partition coefficient (Wildman–Crippen LogP) is 3.52. The molecule has 7 heteroatoms. The Morgan fingerprint density at radius 1 is 1.07 bits per heavy atom. The summed E-state index contributed by atoms with van der Waals surface area (Å²) < 4.78 is 28.1. The van der Waals surface area contributed by atoms with Crippen LogP contribution in [0.2, 0.25) is 0 Å². The summed E-state index contributed by atoms with van der Waals surface area (Å²) in [6.45, 7) is 2.01. The number of hydrogen-bond acceptors (Lipinski definition) is 6. The Hall–Kier alpha value is -2.15. The summed E-state index contributed by atoms with van der Waals surface area (Å²) >= 11 is 0. The van der Waals surface area contributed by atoms with Gasteiger partial charge in [0.05, 0.1) is 24.4 Å². The zero-order chi connectivity index (χ0) is 20.0. The van der Waals surface area contributed by atoms with Crippen LogP contribution in [0.5, 0.6) is 5.75 Å². The zero-order valence-corrected chi connectivity index (χ0v) is 17.5. The van der Waals surface area contributed by atoms with Gasteiger partial charge in [-0.05, 0) is 49.3 Å². The van der Waals surface area contributed by atoms with Crippen molar-refractivity contribution in [3.05, 3.63) is 42.2 Å². The summed E-state index contributed by atoms with van der Waals surface area (Å²) in [5.41, 5.74) is 1.21. The monoisotopic (exact) mass is 403 g/mol. The zero-order valence-electron chi connectivity index (χ0n) is 16.7. The normalized spacial score (nSPS) is 15.6. The van der Waals surface area contributed by atoms with Crippen LogP contribution in [0.4, 0.5) is 5.95 Å². The average molecular weight is 404 g/mol. The molecule has 1 fully saturated rings. The highest BCUT2D eigenvalue weighted by Gasteiger charge is 2.20. The topological polar surface area (TPSA) is 72.4 Å². The maximum Gasteiger partial charge on any atom is 0.225 e. The number of piperidine rings is 1. The molecule has 1 aliphatic heterocycles. The van der Waals surface area contributed by atoms with Crippen molar-refractivity contribution in [3.63, 3.8) is 0 Å². The van der Waals surface area contributed by atoms with Crippen LogP contribution >= 0.6 is 0 Å². The van der Waals surface area contributed by atoms with Gasteiger partial charge in [-0.3, -0.25) is 0 Å². The van der Waals surface area contributed by atoms with E-state index in [2.05, 4.69) is 14.9 Å². The predicted molar refractivity (Wildman–Crippen MR) is 111 cm³/mol. The molecule has 3 rings (SSSR count). The molecule has 1 aromatic carbocycles. The van der Waals surface area contributed by atoms with Gasteiger partial charge in [0.15, 0.2) is 15.6 Å². The summed E-state index contributed by atoms with van der Waals surface area (Å²) in [5, 5.41) is 0. The number of anilines is 1. The van der Waals surface area contributed by atoms with E-state index in [1.54, 1.807) is 31.6 Å². The molecule has 1 aliphatic rings. The minimum atomic E-state index is -3.11. The third-order valence-corrected chi connectivity index (χ3v) is 6.56. The number of aryl methyl sites for hydroxylation is 1. The molecule has 2 heterocycles. The Balaban J connectivity index is 1.36. The average Bonchev–Trinajstić information content (AvgIpc) is 2.71. The molecule has 0 atom stereocenters. The number of unbranched alkanes of at least 4 members (excludes halogenated alkanes) is 1. The van der Waals surface area contributed by atoms with Crippen LogP contribution in [0.15, 0.2) is 41.6 Å². The first-order valence-electron chi connectivity index (χ1n) is 9.85. The van der Waals surface area contributed by atoms with Gasteiger partial charge in [0, 0.05) is 19.3 Å². The molecule has 6 nitrogen and oxygen atoms in total. The molecule has 152 valence electrons. The second-order valence-corrected chi connectivity index (χ2v) is 9.53.